The van der Waals surface area contributed by atoms with Crippen LogP contribution in [0.1, 0.15) is 28.5 Å². The standard InChI is InChI=1S/C23H25N3O2/c1-16-7-5-13-24-20(16)15-17(2)26(3)23(27)19-11-9-18(10-12-19)22-21(28-4)8-6-14-25-22/h5-14,17H,15H2,1-4H3/t17-/m0/s1. The first-order valence-corrected chi connectivity index (χ1v) is 9.28. The fourth-order valence-electron chi connectivity index (χ4n) is 3.10. The summed E-state index contributed by atoms with van der Waals surface area (Å²) in [5, 5.41) is 0. The molecule has 0 saturated heterocycles. The highest BCUT2D eigenvalue weighted by molar-refractivity contribution is 5.94. The third kappa shape index (κ3) is 4.19. The van der Waals surface area contributed by atoms with Gasteiger partial charge in [-0.1, -0.05) is 18.2 Å². The van der Waals surface area contributed by atoms with Crippen LogP contribution in [0.3, 0.4) is 0 Å². The summed E-state index contributed by atoms with van der Waals surface area (Å²) in [4.78, 5) is 23.5. The maximum atomic E-state index is 12.9. The molecule has 2 heterocycles. The Bertz CT molecular complexity index is 954. The molecule has 0 aliphatic heterocycles. The van der Waals surface area contributed by atoms with Crippen LogP contribution in [0.2, 0.25) is 0 Å². The zero-order valence-electron chi connectivity index (χ0n) is 16.7. The van der Waals surface area contributed by atoms with Crippen molar-refractivity contribution >= 4 is 5.91 Å². The smallest absolute Gasteiger partial charge is 0.253 e. The van der Waals surface area contributed by atoms with Crippen molar-refractivity contribution in [3.8, 4) is 17.0 Å². The Morgan fingerprint density at radius 1 is 1.07 bits per heavy atom. The maximum Gasteiger partial charge on any atom is 0.253 e. The summed E-state index contributed by atoms with van der Waals surface area (Å²) in [5.74, 6) is 0.693. The SMILES string of the molecule is COc1cccnc1-c1ccc(C(=O)N(C)[C@@H](C)Cc2ncccc2C)cc1. The van der Waals surface area contributed by atoms with Crippen molar-refractivity contribution < 1.29 is 9.53 Å². The number of aryl methyl sites for hydroxylation is 1. The zero-order chi connectivity index (χ0) is 20.1. The third-order valence-corrected chi connectivity index (χ3v) is 4.98. The van der Waals surface area contributed by atoms with Gasteiger partial charge < -0.3 is 9.64 Å². The summed E-state index contributed by atoms with van der Waals surface area (Å²) in [6.07, 6.45) is 4.24. The lowest BCUT2D eigenvalue weighted by molar-refractivity contribution is 0.0743. The van der Waals surface area contributed by atoms with E-state index in [1.807, 2.05) is 69.4 Å². The van der Waals surface area contributed by atoms with Crippen molar-refractivity contribution in [3.63, 3.8) is 0 Å². The van der Waals surface area contributed by atoms with Gasteiger partial charge in [0.1, 0.15) is 11.4 Å². The number of amides is 1. The van der Waals surface area contributed by atoms with Crippen molar-refractivity contribution in [2.75, 3.05) is 14.2 Å². The minimum Gasteiger partial charge on any atom is -0.494 e. The molecule has 0 spiro atoms. The average molecular weight is 375 g/mol. The highest BCUT2D eigenvalue weighted by atomic mass is 16.5. The van der Waals surface area contributed by atoms with E-state index in [-0.39, 0.29) is 11.9 Å². The van der Waals surface area contributed by atoms with Gasteiger partial charge in [-0.3, -0.25) is 14.8 Å². The number of methoxy groups -OCH3 is 1. The summed E-state index contributed by atoms with van der Waals surface area (Å²) >= 11 is 0. The van der Waals surface area contributed by atoms with Crippen LogP contribution in [0, 0.1) is 6.92 Å². The Hall–Kier alpha value is -3.21. The molecule has 5 heteroatoms. The molecule has 1 amide bonds. The first kappa shape index (κ1) is 19.5. The molecule has 3 aromatic rings. The van der Waals surface area contributed by atoms with E-state index in [0.29, 0.717) is 11.3 Å². The molecule has 0 radical (unpaired) electrons. The third-order valence-electron chi connectivity index (χ3n) is 4.98. The molecule has 5 nitrogen and oxygen atoms in total. The van der Waals surface area contributed by atoms with Crippen LogP contribution in [0.15, 0.2) is 60.9 Å². The molecule has 1 aromatic carbocycles. The van der Waals surface area contributed by atoms with Crippen LogP contribution in [0.4, 0.5) is 0 Å². The molecule has 0 aliphatic carbocycles. The van der Waals surface area contributed by atoms with Gasteiger partial charge in [0.25, 0.3) is 5.91 Å². The topological polar surface area (TPSA) is 55.3 Å². The van der Waals surface area contributed by atoms with Crippen molar-refractivity contribution in [2.24, 2.45) is 0 Å². The number of likely N-dealkylation sites (N-methyl/N-ethyl adjacent to an activating group) is 1. The quantitative estimate of drug-likeness (QED) is 0.649. The predicted octanol–water partition coefficient (Wildman–Crippen LogP) is 4.16. The Labute approximate surface area is 166 Å². The normalized spacial score (nSPS) is 11.7. The summed E-state index contributed by atoms with van der Waals surface area (Å²) in [6.45, 7) is 4.08. The van der Waals surface area contributed by atoms with Gasteiger partial charge in [-0.25, -0.2) is 0 Å². The molecule has 1 atom stereocenters. The average Bonchev–Trinajstić information content (AvgIpc) is 2.74. The lowest BCUT2D eigenvalue weighted by Crippen LogP contribution is -2.36. The fourth-order valence-corrected chi connectivity index (χ4v) is 3.10. The highest BCUT2D eigenvalue weighted by Crippen LogP contribution is 2.27. The van der Waals surface area contributed by atoms with Crippen LogP contribution in [0.5, 0.6) is 5.75 Å². The van der Waals surface area contributed by atoms with Gasteiger partial charge in [-0.2, -0.15) is 0 Å². The lowest BCUT2D eigenvalue weighted by atomic mass is 10.0. The van der Waals surface area contributed by atoms with E-state index in [9.17, 15) is 4.79 Å². The minimum absolute atomic E-state index is 0.0133. The van der Waals surface area contributed by atoms with E-state index >= 15 is 0 Å². The van der Waals surface area contributed by atoms with Crippen molar-refractivity contribution in [3.05, 3.63) is 77.7 Å². The van der Waals surface area contributed by atoms with E-state index in [1.165, 1.54) is 0 Å². The second kappa shape index (κ2) is 8.65. The van der Waals surface area contributed by atoms with Gasteiger partial charge >= 0.3 is 0 Å². The second-order valence-corrected chi connectivity index (χ2v) is 6.87. The summed E-state index contributed by atoms with van der Waals surface area (Å²) in [6, 6.07) is 15.2. The minimum atomic E-state index is -0.0133. The Morgan fingerprint density at radius 3 is 2.43 bits per heavy atom. The zero-order valence-corrected chi connectivity index (χ0v) is 16.7. The van der Waals surface area contributed by atoms with Crippen molar-refractivity contribution in [1.29, 1.82) is 0 Å². The summed E-state index contributed by atoms with van der Waals surface area (Å²) in [5.41, 5.74) is 4.48. The molecule has 0 N–H and O–H groups in total. The number of benzene rings is 1. The first-order chi connectivity index (χ1) is 13.5. The van der Waals surface area contributed by atoms with Gasteiger partial charge in [-0.15, -0.1) is 0 Å². The number of hydrogen-bond acceptors (Lipinski definition) is 4. The predicted molar refractivity (Wildman–Crippen MR) is 110 cm³/mol. The van der Waals surface area contributed by atoms with Crippen LogP contribution >= 0.6 is 0 Å². The number of carbonyl (C=O) groups is 1. The van der Waals surface area contributed by atoms with Crippen molar-refractivity contribution in [1.82, 2.24) is 14.9 Å². The number of pyridine rings is 2. The molecular weight excluding hydrogens is 350 g/mol. The van der Waals surface area contributed by atoms with E-state index in [0.717, 1.165) is 28.9 Å². The first-order valence-electron chi connectivity index (χ1n) is 9.28. The number of hydrogen-bond donors (Lipinski definition) is 0. The second-order valence-electron chi connectivity index (χ2n) is 6.87. The van der Waals surface area contributed by atoms with Crippen LogP contribution in [-0.2, 0) is 6.42 Å². The molecule has 0 saturated carbocycles. The van der Waals surface area contributed by atoms with E-state index in [4.69, 9.17) is 4.74 Å². The number of aromatic nitrogens is 2. The van der Waals surface area contributed by atoms with Crippen LogP contribution in [-0.4, -0.2) is 41.0 Å². The van der Waals surface area contributed by atoms with E-state index in [2.05, 4.69) is 9.97 Å². The van der Waals surface area contributed by atoms with Gasteiger partial charge in [0.15, 0.2) is 0 Å². The largest absolute Gasteiger partial charge is 0.494 e. The molecule has 2 aromatic heterocycles. The monoisotopic (exact) mass is 375 g/mol. The van der Waals surface area contributed by atoms with Gasteiger partial charge in [-0.05, 0) is 49.7 Å². The van der Waals surface area contributed by atoms with E-state index < -0.39 is 0 Å². The molecule has 0 fully saturated rings. The molecule has 0 unspecified atom stereocenters. The number of nitrogens with zero attached hydrogens (tertiary/aromatic N) is 3. The number of carbonyl (C=O) groups excluding carboxylic acids is 1. The Morgan fingerprint density at radius 2 is 1.75 bits per heavy atom. The highest BCUT2D eigenvalue weighted by Gasteiger charge is 2.19. The molecule has 144 valence electrons. The molecular formula is C23H25N3O2. The van der Waals surface area contributed by atoms with Gasteiger partial charge in [0, 0.05) is 48.7 Å². The lowest BCUT2D eigenvalue weighted by Gasteiger charge is -2.25. The van der Waals surface area contributed by atoms with Gasteiger partial charge in [0.2, 0.25) is 0 Å². The summed E-state index contributed by atoms with van der Waals surface area (Å²) < 4.78 is 5.37. The Balaban J connectivity index is 1.74. The van der Waals surface area contributed by atoms with Crippen LogP contribution < -0.4 is 4.74 Å². The number of rotatable bonds is 6. The Kier molecular flexibility index (Phi) is 6.04. The molecule has 28 heavy (non-hydrogen) atoms. The van der Waals surface area contributed by atoms with Crippen molar-refractivity contribution in [2.45, 2.75) is 26.3 Å². The maximum absolute atomic E-state index is 12.9. The molecule has 0 aliphatic rings. The fraction of sp³-hybridized carbons (Fsp3) is 0.261. The van der Waals surface area contributed by atoms with Crippen LogP contribution in [0.25, 0.3) is 11.3 Å². The molecule has 3 rings (SSSR count). The molecule has 0 bridgehead atoms. The van der Waals surface area contributed by atoms with E-state index in [1.54, 1.807) is 24.4 Å². The number of ether oxygens (including phenoxy) is 1. The summed E-state index contributed by atoms with van der Waals surface area (Å²) in [7, 11) is 3.46. The van der Waals surface area contributed by atoms with Gasteiger partial charge in [0.05, 0.1) is 7.11 Å².